The van der Waals surface area contributed by atoms with Crippen LogP contribution in [0.3, 0.4) is 0 Å². The van der Waals surface area contributed by atoms with E-state index in [2.05, 4.69) is 10.6 Å². The van der Waals surface area contributed by atoms with Gasteiger partial charge in [-0.2, -0.15) is 0 Å². The highest BCUT2D eigenvalue weighted by Gasteiger charge is 2.24. The molecule has 2 N–H and O–H groups in total. The van der Waals surface area contributed by atoms with Gasteiger partial charge in [0.2, 0.25) is 11.8 Å². The molecule has 0 aliphatic rings. The van der Waals surface area contributed by atoms with Crippen molar-refractivity contribution >= 4 is 45.7 Å². The molecule has 1 heterocycles. The Balaban J connectivity index is 1.32. The number of anilines is 2. The maximum Gasteiger partial charge on any atom is 0.244 e. The highest BCUT2D eigenvalue weighted by atomic mass is 32.2. The molecule has 194 valence electrons. The largest absolute Gasteiger partial charge is 0.326 e. The molecule has 5 nitrogen and oxygen atoms in total. The predicted molar refractivity (Wildman–Crippen MR) is 161 cm³/mol. The van der Waals surface area contributed by atoms with E-state index >= 15 is 0 Å². The van der Waals surface area contributed by atoms with Gasteiger partial charge in [0.1, 0.15) is 5.25 Å². The molecule has 0 fully saturated rings. The first-order valence-electron chi connectivity index (χ1n) is 12.5. The Hall–Kier alpha value is -4.20. The van der Waals surface area contributed by atoms with Crippen molar-refractivity contribution in [3.05, 3.63) is 131 Å². The minimum Gasteiger partial charge on any atom is -0.326 e. The molecular formula is C32H27N3O2S2. The van der Waals surface area contributed by atoms with E-state index in [1.165, 1.54) is 23.1 Å². The van der Waals surface area contributed by atoms with Crippen LogP contribution < -0.4 is 10.6 Å². The number of aryl methyl sites for hydroxylation is 1. The second-order valence-electron chi connectivity index (χ2n) is 8.93. The van der Waals surface area contributed by atoms with Crippen molar-refractivity contribution in [2.75, 3.05) is 10.6 Å². The third-order valence-corrected chi connectivity index (χ3v) is 8.13. The smallest absolute Gasteiger partial charge is 0.244 e. The van der Waals surface area contributed by atoms with Gasteiger partial charge < -0.3 is 10.6 Å². The van der Waals surface area contributed by atoms with Crippen molar-refractivity contribution in [2.45, 2.75) is 23.5 Å². The minimum absolute atomic E-state index is 0.0888. The Morgan fingerprint density at radius 3 is 2.21 bits per heavy atom. The van der Waals surface area contributed by atoms with Crippen molar-refractivity contribution in [1.82, 2.24) is 4.98 Å². The molecule has 4 aromatic carbocycles. The van der Waals surface area contributed by atoms with Crippen molar-refractivity contribution < 1.29 is 9.59 Å². The quantitative estimate of drug-likeness (QED) is 0.184. The number of aromatic nitrogens is 1. The highest BCUT2D eigenvalue weighted by molar-refractivity contribution is 8.00. The zero-order valence-corrected chi connectivity index (χ0v) is 23.0. The zero-order chi connectivity index (χ0) is 27.0. The van der Waals surface area contributed by atoms with E-state index in [0.717, 1.165) is 32.2 Å². The van der Waals surface area contributed by atoms with E-state index in [-0.39, 0.29) is 11.8 Å². The van der Waals surface area contributed by atoms with Gasteiger partial charge in [-0.25, -0.2) is 4.98 Å². The Kier molecular flexibility index (Phi) is 8.51. The number of thiazole rings is 1. The Bertz CT molecular complexity index is 1550. The second-order valence-corrected chi connectivity index (χ2v) is 11.3. The summed E-state index contributed by atoms with van der Waals surface area (Å²) >= 11 is 2.90. The third-order valence-electron chi connectivity index (χ3n) is 5.99. The third kappa shape index (κ3) is 7.02. The normalized spacial score (nSPS) is 11.5. The molecule has 1 aromatic heterocycles. The number of carbonyl (C=O) groups excluding carboxylic acids is 2. The number of rotatable bonds is 9. The van der Waals surface area contributed by atoms with Crippen molar-refractivity contribution in [1.29, 1.82) is 0 Å². The summed E-state index contributed by atoms with van der Waals surface area (Å²) in [6.07, 6.45) is 0.297. The monoisotopic (exact) mass is 549 g/mol. The Morgan fingerprint density at radius 2 is 1.49 bits per heavy atom. The van der Waals surface area contributed by atoms with Crippen LogP contribution in [-0.2, 0) is 16.0 Å². The topological polar surface area (TPSA) is 71.1 Å². The van der Waals surface area contributed by atoms with Gasteiger partial charge >= 0.3 is 0 Å². The van der Waals surface area contributed by atoms with Crippen molar-refractivity contribution in [3.8, 4) is 11.3 Å². The number of benzene rings is 4. The molecule has 0 radical (unpaired) electrons. The van der Waals surface area contributed by atoms with Gasteiger partial charge in [0.25, 0.3) is 0 Å². The van der Waals surface area contributed by atoms with Gasteiger partial charge in [0.15, 0.2) is 5.13 Å². The summed E-state index contributed by atoms with van der Waals surface area (Å²) in [5, 5.41) is 6.08. The number of nitrogens with one attached hydrogen (secondary N) is 2. The fraction of sp³-hybridized carbons (Fsp3) is 0.0938. The Labute approximate surface area is 236 Å². The van der Waals surface area contributed by atoms with Crippen LogP contribution in [0.2, 0.25) is 0 Å². The van der Waals surface area contributed by atoms with Gasteiger partial charge in [-0.1, -0.05) is 97.1 Å². The molecule has 0 aliphatic heterocycles. The molecule has 0 saturated heterocycles. The van der Waals surface area contributed by atoms with Crippen LogP contribution in [0.25, 0.3) is 11.3 Å². The summed E-state index contributed by atoms with van der Waals surface area (Å²) in [4.78, 5) is 32.8. The van der Waals surface area contributed by atoms with Crippen LogP contribution in [0, 0.1) is 6.92 Å². The summed E-state index contributed by atoms with van der Waals surface area (Å²) in [6.45, 7) is 2.01. The predicted octanol–water partition coefficient (Wildman–Crippen LogP) is 7.77. The van der Waals surface area contributed by atoms with Crippen LogP contribution in [0.5, 0.6) is 0 Å². The van der Waals surface area contributed by atoms with E-state index in [1.807, 2.05) is 122 Å². The molecule has 0 bridgehead atoms. The molecule has 2 amide bonds. The lowest BCUT2D eigenvalue weighted by molar-refractivity contribution is -0.116. The van der Waals surface area contributed by atoms with E-state index in [0.29, 0.717) is 17.2 Å². The summed E-state index contributed by atoms with van der Waals surface area (Å²) in [7, 11) is 0. The first-order chi connectivity index (χ1) is 19.0. The lowest BCUT2D eigenvalue weighted by Gasteiger charge is -2.17. The van der Waals surface area contributed by atoms with E-state index < -0.39 is 5.25 Å². The van der Waals surface area contributed by atoms with E-state index in [4.69, 9.17) is 4.98 Å². The molecule has 1 atom stereocenters. The van der Waals surface area contributed by atoms with E-state index in [9.17, 15) is 9.59 Å². The van der Waals surface area contributed by atoms with Gasteiger partial charge in [-0.3, -0.25) is 9.59 Å². The number of hydrogen-bond acceptors (Lipinski definition) is 5. The molecule has 1 unspecified atom stereocenters. The summed E-state index contributed by atoms with van der Waals surface area (Å²) in [5.74, 6) is -0.243. The first kappa shape index (κ1) is 26.4. The molecular weight excluding hydrogens is 523 g/mol. The number of nitrogens with zero attached hydrogens (tertiary/aromatic N) is 1. The van der Waals surface area contributed by atoms with Crippen LogP contribution in [0.4, 0.5) is 10.8 Å². The lowest BCUT2D eigenvalue weighted by Crippen LogP contribution is -2.19. The maximum atomic E-state index is 13.6. The fourth-order valence-corrected chi connectivity index (χ4v) is 6.08. The number of amides is 2. The van der Waals surface area contributed by atoms with Gasteiger partial charge in [-0.15, -0.1) is 23.1 Å². The zero-order valence-electron chi connectivity index (χ0n) is 21.3. The van der Waals surface area contributed by atoms with Crippen LogP contribution >= 0.6 is 23.1 Å². The minimum atomic E-state index is -0.508. The van der Waals surface area contributed by atoms with Crippen molar-refractivity contribution in [2.24, 2.45) is 0 Å². The highest BCUT2D eigenvalue weighted by Crippen LogP contribution is 2.38. The number of carbonyl (C=O) groups is 2. The van der Waals surface area contributed by atoms with Crippen molar-refractivity contribution in [3.63, 3.8) is 0 Å². The second kappa shape index (κ2) is 12.6. The summed E-state index contributed by atoms with van der Waals surface area (Å²) in [5.41, 5.74) is 4.42. The molecule has 5 aromatic rings. The molecule has 5 rings (SSSR count). The first-order valence-corrected chi connectivity index (χ1v) is 14.2. The summed E-state index contributed by atoms with van der Waals surface area (Å²) in [6, 6.07) is 36.9. The molecule has 39 heavy (non-hydrogen) atoms. The van der Waals surface area contributed by atoms with Gasteiger partial charge in [-0.05, 0) is 36.2 Å². The molecule has 0 aliphatic carbocycles. The van der Waals surface area contributed by atoms with Crippen LogP contribution in [0.1, 0.15) is 21.3 Å². The fourth-order valence-electron chi connectivity index (χ4n) is 4.16. The van der Waals surface area contributed by atoms with Crippen LogP contribution in [-0.4, -0.2) is 16.8 Å². The van der Waals surface area contributed by atoms with Gasteiger partial charge in [0, 0.05) is 21.0 Å². The Morgan fingerprint density at radius 1 is 0.821 bits per heavy atom. The molecule has 0 saturated carbocycles. The number of thioether (sulfide) groups is 1. The number of hydrogen-bond donors (Lipinski definition) is 2. The average molecular weight is 550 g/mol. The molecule has 0 spiro atoms. The van der Waals surface area contributed by atoms with Crippen LogP contribution in [0.15, 0.2) is 120 Å². The van der Waals surface area contributed by atoms with E-state index in [1.54, 1.807) is 0 Å². The summed E-state index contributed by atoms with van der Waals surface area (Å²) < 4.78 is 0. The molecule has 7 heteroatoms. The van der Waals surface area contributed by atoms with Gasteiger partial charge in [0.05, 0.1) is 12.1 Å². The SMILES string of the molecule is Cc1sc(NC(=O)C(Sc2cccc(NC(=O)Cc3ccccc3)c2)c2ccccc2)nc1-c1ccccc1. The lowest BCUT2D eigenvalue weighted by atomic mass is 10.1. The standard InChI is InChI=1S/C32H27N3O2S2/c1-22-29(24-14-7-3-8-15-24)34-32(38-22)35-31(37)30(25-16-9-4-10-17-25)39-27-19-11-18-26(21-27)33-28(36)20-23-12-5-2-6-13-23/h2-19,21,30H,20H2,1H3,(H,33,36)(H,34,35,37). The average Bonchev–Trinajstić information content (AvgIpc) is 3.33. The maximum absolute atomic E-state index is 13.6.